The van der Waals surface area contributed by atoms with Crippen LogP contribution in [0.4, 0.5) is 4.79 Å². The fourth-order valence-corrected chi connectivity index (χ4v) is 4.99. The number of fused-ring (bicyclic) bond motifs is 3. The molecule has 2 atom stereocenters. The van der Waals surface area contributed by atoms with E-state index in [-0.39, 0.29) is 37.3 Å². The van der Waals surface area contributed by atoms with E-state index in [2.05, 4.69) is 34.9 Å². The van der Waals surface area contributed by atoms with Crippen molar-refractivity contribution in [2.45, 2.75) is 25.3 Å². The van der Waals surface area contributed by atoms with Crippen molar-refractivity contribution in [1.82, 2.24) is 10.6 Å². The number of aliphatic carboxylic acids is 1. The van der Waals surface area contributed by atoms with Gasteiger partial charge in [0.25, 0.3) is 0 Å². The van der Waals surface area contributed by atoms with Gasteiger partial charge in [-0.25, -0.2) is 9.59 Å². The molecule has 0 spiro atoms. The van der Waals surface area contributed by atoms with Gasteiger partial charge in [0, 0.05) is 23.8 Å². The molecule has 1 aliphatic rings. The minimum Gasteiger partial charge on any atom is -0.479 e. The second kappa shape index (κ2) is 10.5. The maximum atomic E-state index is 12.3. The Morgan fingerprint density at radius 3 is 2.24 bits per heavy atom. The topological polar surface area (TPSA) is 105 Å². The molecule has 0 saturated carbocycles. The predicted octanol–water partition coefficient (Wildman–Crippen LogP) is 4.55. The monoisotopic (exact) mass is 478 g/mol. The van der Waals surface area contributed by atoms with E-state index in [4.69, 9.17) is 4.74 Å². The number of nitrogens with one attached hydrogen (secondary N) is 2. The maximum absolute atomic E-state index is 12.3. The van der Waals surface area contributed by atoms with Gasteiger partial charge in [-0.3, -0.25) is 4.79 Å². The quantitative estimate of drug-likeness (QED) is 0.418. The zero-order valence-electron chi connectivity index (χ0n) is 18.7. The molecule has 8 heteroatoms. The first kappa shape index (κ1) is 23.5. The predicted molar refractivity (Wildman–Crippen MR) is 130 cm³/mol. The Morgan fingerprint density at radius 1 is 1.00 bits per heavy atom. The third kappa shape index (κ3) is 5.28. The zero-order chi connectivity index (χ0) is 24.1. The summed E-state index contributed by atoms with van der Waals surface area (Å²) in [5.74, 6) is -1.72. The summed E-state index contributed by atoms with van der Waals surface area (Å²) in [5, 5.41) is 16.4. The van der Waals surface area contributed by atoms with Gasteiger partial charge in [-0.2, -0.15) is 0 Å². The summed E-state index contributed by atoms with van der Waals surface area (Å²) >= 11 is 1.27. The molecule has 34 heavy (non-hydrogen) atoms. The lowest BCUT2D eigenvalue weighted by Crippen LogP contribution is -2.36. The fraction of sp³-hybridized carbons (Fsp3) is 0.269. The van der Waals surface area contributed by atoms with Crippen molar-refractivity contribution in [3.05, 3.63) is 82.0 Å². The third-order valence-corrected chi connectivity index (χ3v) is 6.79. The first-order chi connectivity index (χ1) is 16.4. The molecule has 0 radical (unpaired) electrons. The Bertz CT molecular complexity index is 1130. The maximum Gasteiger partial charge on any atom is 0.407 e. The van der Waals surface area contributed by atoms with Crippen LogP contribution < -0.4 is 10.6 Å². The van der Waals surface area contributed by atoms with Gasteiger partial charge in [0.1, 0.15) is 6.61 Å². The molecule has 2 aromatic carbocycles. The van der Waals surface area contributed by atoms with Crippen LogP contribution in [0.2, 0.25) is 0 Å². The van der Waals surface area contributed by atoms with Crippen molar-refractivity contribution in [3.8, 4) is 11.1 Å². The lowest BCUT2D eigenvalue weighted by atomic mass is 9.98. The van der Waals surface area contributed by atoms with Crippen LogP contribution in [0.1, 0.15) is 41.3 Å². The number of carboxylic acid groups (broad SMARTS) is 1. The average Bonchev–Trinajstić information content (AvgIpc) is 3.46. The number of benzene rings is 2. The van der Waals surface area contributed by atoms with E-state index in [0.29, 0.717) is 4.88 Å². The molecule has 2 unspecified atom stereocenters. The van der Waals surface area contributed by atoms with Crippen LogP contribution in [0.15, 0.2) is 66.0 Å². The Balaban J connectivity index is 1.25. The molecule has 1 heterocycles. The molecule has 0 saturated heterocycles. The van der Waals surface area contributed by atoms with Crippen LogP contribution in [0, 0.1) is 5.92 Å². The summed E-state index contributed by atoms with van der Waals surface area (Å²) in [6.07, 6.45) is -0.463. The number of rotatable bonds is 9. The number of carbonyl (C=O) groups is 3. The third-order valence-electron chi connectivity index (χ3n) is 5.85. The number of hydrogen-bond donors (Lipinski definition) is 3. The number of hydrogen-bond acceptors (Lipinski definition) is 5. The van der Waals surface area contributed by atoms with Gasteiger partial charge >= 0.3 is 12.1 Å². The minimum atomic E-state index is -1.11. The first-order valence-corrected chi connectivity index (χ1v) is 12.0. The average molecular weight is 479 g/mol. The van der Waals surface area contributed by atoms with Crippen LogP contribution in [0.3, 0.4) is 0 Å². The first-order valence-electron chi connectivity index (χ1n) is 11.1. The summed E-state index contributed by atoms with van der Waals surface area (Å²) in [6.45, 7) is 2.26. The highest BCUT2D eigenvalue weighted by molar-refractivity contribution is 7.10. The summed E-state index contributed by atoms with van der Waals surface area (Å²) in [7, 11) is 0. The van der Waals surface area contributed by atoms with Crippen molar-refractivity contribution >= 4 is 29.3 Å². The van der Waals surface area contributed by atoms with Gasteiger partial charge in [0.05, 0.1) is 0 Å². The van der Waals surface area contributed by atoms with Gasteiger partial charge in [0.2, 0.25) is 5.91 Å². The number of carboxylic acids is 1. The molecule has 2 amide bonds. The van der Waals surface area contributed by atoms with Crippen LogP contribution in [-0.4, -0.2) is 36.2 Å². The van der Waals surface area contributed by atoms with E-state index in [0.717, 1.165) is 22.3 Å². The molecule has 7 nitrogen and oxygen atoms in total. The second-order valence-electron chi connectivity index (χ2n) is 8.37. The van der Waals surface area contributed by atoms with Crippen LogP contribution in [-0.2, 0) is 14.3 Å². The SMILES string of the molecule is CC(CNC(=O)OCC1c2ccccc2-c2ccccc21)CC(=O)NC(C(=O)O)c1cccs1. The normalized spacial score (nSPS) is 13.9. The van der Waals surface area contributed by atoms with Gasteiger partial charge in [-0.15, -0.1) is 11.3 Å². The molecule has 1 aromatic heterocycles. The van der Waals surface area contributed by atoms with Crippen molar-refractivity contribution < 1.29 is 24.2 Å². The van der Waals surface area contributed by atoms with E-state index in [1.165, 1.54) is 11.3 Å². The fourth-order valence-electron chi connectivity index (χ4n) is 4.23. The number of alkyl carbamates (subject to hydrolysis) is 1. The number of carbonyl (C=O) groups excluding carboxylic acids is 2. The van der Waals surface area contributed by atoms with Crippen molar-refractivity contribution in [2.75, 3.05) is 13.2 Å². The Labute approximate surface area is 201 Å². The van der Waals surface area contributed by atoms with Crippen LogP contribution >= 0.6 is 11.3 Å². The van der Waals surface area contributed by atoms with Crippen molar-refractivity contribution in [3.63, 3.8) is 0 Å². The van der Waals surface area contributed by atoms with E-state index < -0.39 is 18.1 Å². The zero-order valence-corrected chi connectivity index (χ0v) is 19.5. The second-order valence-corrected chi connectivity index (χ2v) is 9.35. The van der Waals surface area contributed by atoms with Crippen molar-refractivity contribution in [2.24, 2.45) is 5.92 Å². The summed E-state index contributed by atoms with van der Waals surface area (Å²) in [5.41, 5.74) is 4.60. The van der Waals surface area contributed by atoms with E-state index in [1.54, 1.807) is 17.5 Å². The number of thiophene rings is 1. The Morgan fingerprint density at radius 2 is 1.65 bits per heavy atom. The van der Waals surface area contributed by atoms with E-state index in [9.17, 15) is 19.5 Å². The highest BCUT2D eigenvalue weighted by Gasteiger charge is 2.29. The molecule has 0 fully saturated rings. The van der Waals surface area contributed by atoms with Crippen LogP contribution in [0.5, 0.6) is 0 Å². The number of ether oxygens (including phenoxy) is 1. The molecule has 3 aromatic rings. The summed E-state index contributed by atoms with van der Waals surface area (Å²) < 4.78 is 5.51. The van der Waals surface area contributed by atoms with Gasteiger partial charge in [-0.05, 0) is 39.6 Å². The molecule has 3 N–H and O–H groups in total. The Hall–Kier alpha value is -3.65. The molecule has 0 aliphatic heterocycles. The minimum absolute atomic E-state index is 0.0217. The highest BCUT2D eigenvalue weighted by atomic mass is 32.1. The smallest absolute Gasteiger partial charge is 0.407 e. The van der Waals surface area contributed by atoms with Gasteiger partial charge in [0.15, 0.2) is 6.04 Å². The standard InChI is InChI=1S/C26H26N2O5S/c1-16(13-23(29)28-24(25(30)31)22-11-6-12-34-22)14-27-26(32)33-15-21-19-9-4-2-7-17(19)18-8-3-5-10-20(18)21/h2-12,16,21,24H,13-15H2,1H3,(H,27,32)(H,28,29)(H,30,31). The van der Waals surface area contributed by atoms with Crippen molar-refractivity contribution in [1.29, 1.82) is 0 Å². The molecule has 4 rings (SSSR count). The lowest BCUT2D eigenvalue weighted by Gasteiger charge is -2.17. The highest BCUT2D eigenvalue weighted by Crippen LogP contribution is 2.44. The van der Waals surface area contributed by atoms with E-state index in [1.807, 2.05) is 31.2 Å². The van der Waals surface area contributed by atoms with Crippen LogP contribution in [0.25, 0.3) is 11.1 Å². The number of amides is 2. The summed E-state index contributed by atoms with van der Waals surface area (Å²) in [4.78, 5) is 36.7. The largest absolute Gasteiger partial charge is 0.479 e. The summed E-state index contributed by atoms with van der Waals surface area (Å²) in [6, 6.07) is 18.6. The van der Waals surface area contributed by atoms with E-state index >= 15 is 0 Å². The van der Waals surface area contributed by atoms with Gasteiger partial charge < -0.3 is 20.5 Å². The molecule has 0 bridgehead atoms. The molecule has 1 aliphatic carbocycles. The molecular weight excluding hydrogens is 452 g/mol. The molecule has 176 valence electrons. The lowest BCUT2D eigenvalue weighted by molar-refractivity contribution is -0.142. The Kier molecular flexibility index (Phi) is 7.27. The van der Waals surface area contributed by atoms with Gasteiger partial charge in [-0.1, -0.05) is 61.5 Å². The molecular formula is C26H26N2O5S.